The van der Waals surface area contributed by atoms with Crippen molar-refractivity contribution in [2.45, 2.75) is 31.8 Å². The van der Waals surface area contributed by atoms with Crippen molar-refractivity contribution in [1.29, 1.82) is 0 Å². The maximum Gasteiger partial charge on any atom is 0.223 e. The highest BCUT2D eigenvalue weighted by Gasteiger charge is 2.23. The van der Waals surface area contributed by atoms with Gasteiger partial charge in [-0.3, -0.25) is 9.69 Å². The Hall–Kier alpha value is -0.650. The van der Waals surface area contributed by atoms with Crippen molar-refractivity contribution in [2.75, 3.05) is 39.4 Å². The molecule has 1 aliphatic heterocycles. The monoisotopic (exact) mass is 256 g/mol. The molecule has 5 nitrogen and oxygen atoms in total. The van der Waals surface area contributed by atoms with Crippen LogP contribution in [-0.2, 0) is 9.53 Å². The molecule has 0 aromatic rings. The van der Waals surface area contributed by atoms with E-state index in [0.717, 1.165) is 52.0 Å². The zero-order valence-electron chi connectivity index (χ0n) is 10.9. The summed E-state index contributed by atoms with van der Waals surface area (Å²) in [6, 6.07) is 0. The molecule has 2 fully saturated rings. The zero-order valence-corrected chi connectivity index (χ0v) is 10.9. The molecule has 5 heteroatoms. The van der Waals surface area contributed by atoms with Gasteiger partial charge in [0, 0.05) is 32.1 Å². The third-order valence-electron chi connectivity index (χ3n) is 3.81. The molecule has 1 unspecified atom stereocenters. The maximum atomic E-state index is 11.8. The normalized spacial score (nSPS) is 24.1. The van der Waals surface area contributed by atoms with Crippen LogP contribution in [0.2, 0.25) is 0 Å². The minimum absolute atomic E-state index is 0.119. The van der Waals surface area contributed by atoms with Gasteiger partial charge in [0.1, 0.15) is 0 Å². The van der Waals surface area contributed by atoms with Crippen molar-refractivity contribution >= 4 is 5.91 Å². The van der Waals surface area contributed by atoms with Crippen molar-refractivity contribution < 1.29 is 14.6 Å². The zero-order chi connectivity index (χ0) is 12.8. The molecule has 0 aromatic carbocycles. The summed E-state index contributed by atoms with van der Waals surface area (Å²) in [5.74, 6) is 0.300. The fraction of sp³-hybridized carbons (Fsp3) is 0.923. The van der Waals surface area contributed by atoms with Gasteiger partial charge in [0.15, 0.2) is 0 Å². The summed E-state index contributed by atoms with van der Waals surface area (Å²) in [6.45, 7) is 4.20. The van der Waals surface area contributed by atoms with Gasteiger partial charge in [0.05, 0.1) is 19.3 Å². The fourth-order valence-corrected chi connectivity index (χ4v) is 2.70. The van der Waals surface area contributed by atoms with Crippen molar-refractivity contribution in [2.24, 2.45) is 5.92 Å². The summed E-state index contributed by atoms with van der Waals surface area (Å²) in [7, 11) is 0. The Bertz CT molecular complexity index is 261. The van der Waals surface area contributed by atoms with Gasteiger partial charge in [-0.2, -0.15) is 0 Å². The van der Waals surface area contributed by atoms with Crippen LogP contribution in [0.5, 0.6) is 0 Å². The van der Waals surface area contributed by atoms with Crippen LogP contribution < -0.4 is 5.32 Å². The Kier molecular flexibility index (Phi) is 5.41. The number of aliphatic hydroxyl groups excluding tert-OH is 1. The number of hydrogen-bond acceptors (Lipinski definition) is 4. The van der Waals surface area contributed by atoms with E-state index in [4.69, 9.17) is 4.74 Å². The Morgan fingerprint density at radius 3 is 2.67 bits per heavy atom. The summed E-state index contributed by atoms with van der Waals surface area (Å²) < 4.78 is 5.25. The first-order valence-electron chi connectivity index (χ1n) is 7.01. The molecule has 1 atom stereocenters. The first kappa shape index (κ1) is 13.8. The average Bonchev–Trinajstić information content (AvgIpc) is 2.91. The van der Waals surface area contributed by atoms with Crippen molar-refractivity contribution in [1.82, 2.24) is 10.2 Å². The molecule has 1 amide bonds. The maximum absolute atomic E-state index is 11.8. The number of hydrogen-bond donors (Lipinski definition) is 2. The number of ether oxygens (including phenoxy) is 1. The first-order chi connectivity index (χ1) is 8.75. The van der Waals surface area contributed by atoms with E-state index in [1.54, 1.807) is 0 Å². The Morgan fingerprint density at radius 1 is 1.33 bits per heavy atom. The van der Waals surface area contributed by atoms with Crippen LogP contribution in [0.1, 0.15) is 25.7 Å². The third-order valence-corrected chi connectivity index (χ3v) is 3.81. The van der Waals surface area contributed by atoms with Gasteiger partial charge in [-0.25, -0.2) is 0 Å². The van der Waals surface area contributed by atoms with E-state index >= 15 is 0 Å². The van der Waals surface area contributed by atoms with Crippen LogP contribution in [-0.4, -0.2) is 61.4 Å². The highest BCUT2D eigenvalue weighted by molar-refractivity contribution is 5.78. The minimum atomic E-state index is -0.478. The topological polar surface area (TPSA) is 61.8 Å². The van der Waals surface area contributed by atoms with E-state index in [-0.39, 0.29) is 11.8 Å². The van der Waals surface area contributed by atoms with Crippen molar-refractivity contribution in [3.8, 4) is 0 Å². The molecule has 1 saturated carbocycles. The van der Waals surface area contributed by atoms with Crippen molar-refractivity contribution in [3.63, 3.8) is 0 Å². The lowest BCUT2D eigenvalue weighted by molar-refractivity contribution is -0.125. The number of nitrogens with zero attached hydrogens (tertiary/aromatic N) is 1. The lowest BCUT2D eigenvalue weighted by Crippen LogP contribution is -2.45. The molecule has 1 heterocycles. The molecule has 18 heavy (non-hydrogen) atoms. The molecular formula is C13H24N2O3. The number of carbonyl (C=O) groups is 1. The molecule has 0 aromatic heterocycles. The summed E-state index contributed by atoms with van der Waals surface area (Å²) >= 11 is 0. The number of nitrogens with one attached hydrogen (secondary N) is 1. The lowest BCUT2D eigenvalue weighted by Gasteiger charge is -2.28. The number of aliphatic hydroxyl groups is 1. The minimum Gasteiger partial charge on any atom is -0.390 e. The van der Waals surface area contributed by atoms with E-state index in [0.29, 0.717) is 13.1 Å². The SMILES string of the molecule is O=C(NCC(O)CN1CCOCC1)C1CCCC1. The third kappa shape index (κ3) is 4.23. The van der Waals surface area contributed by atoms with Gasteiger partial charge in [-0.1, -0.05) is 12.8 Å². The predicted molar refractivity (Wildman–Crippen MR) is 68.2 cm³/mol. The quantitative estimate of drug-likeness (QED) is 0.726. The predicted octanol–water partition coefficient (Wildman–Crippen LogP) is -0.0141. The Labute approximate surface area is 108 Å². The van der Waals surface area contributed by atoms with Gasteiger partial charge in [-0.15, -0.1) is 0 Å². The summed E-state index contributed by atoms with van der Waals surface area (Å²) in [6.07, 6.45) is 3.85. The van der Waals surface area contributed by atoms with Crippen molar-refractivity contribution in [3.05, 3.63) is 0 Å². The molecule has 0 radical (unpaired) electrons. The molecule has 1 saturated heterocycles. The van der Waals surface area contributed by atoms with E-state index in [1.807, 2.05) is 0 Å². The van der Waals surface area contributed by atoms with Crippen LogP contribution in [0.15, 0.2) is 0 Å². The number of β-amino-alcohol motifs (C(OH)–C–C–N with tert-alkyl or cyclic N) is 1. The standard InChI is InChI=1S/C13H24N2O3/c16-12(10-15-5-7-18-8-6-15)9-14-13(17)11-3-1-2-4-11/h11-12,16H,1-10H2,(H,14,17). The highest BCUT2D eigenvalue weighted by Crippen LogP contribution is 2.24. The second-order valence-corrected chi connectivity index (χ2v) is 5.29. The van der Waals surface area contributed by atoms with Gasteiger partial charge in [0.25, 0.3) is 0 Å². The van der Waals surface area contributed by atoms with Crippen LogP contribution in [0, 0.1) is 5.92 Å². The molecule has 2 aliphatic rings. The van der Waals surface area contributed by atoms with Crippen LogP contribution >= 0.6 is 0 Å². The largest absolute Gasteiger partial charge is 0.390 e. The van der Waals surface area contributed by atoms with E-state index < -0.39 is 6.10 Å². The number of rotatable bonds is 5. The number of carbonyl (C=O) groups excluding carboxylic acids is 1. The molecule has 2 N–H and O–H groups in total. The van der Waals surface area contributed by atoms with Crippen LogP contribution in [0.3, 0.4) is 0 Å². The van der Waals surface area contributed by atoms with Gasteiger partial charge in [0.2, 0.25) is 5.91 Å². The molecule has 0 spiro atoms. The van der Waals surface area contributed by atoms with Gasteiger partial charge < -0.3 is 15.2 Å². The molecular weight excluding hydrogens is 232 g/mol. The number of morpholine rings is 1. The second kappa shape index (κ2) is 7.07. The van der Waals surface area contributed by atoms with E-state index in [9.17, 15) is 9.90 Å². The summed E-state index contributed by atoms with van der Waals surface area (Å²) in [5.41, 5.74) is 0. The smallest absolute Gasteiger partial charge is 0.223 e. The van der Waals surface area contributed by atoms with E-state index in [2.05, 4.69) is 10.2 Å². The molecule has 2 rings (SSSR count). The lowest BCUT2D eigenvalue weighted by atomic mass is 10.1. The van der Waals surface area contributed by atoms with Crippen LogP contribution in [0.4, 0.5) is 0 Å². The molecule has 104 valence electrons. The Balaban J connectivity index is 1.61. The van der Waals surface area contributed by atoms with Gasteiger partial charge >= 0.3 is 0 Å². The Morgan fingerprint density at radius 2 is 2.00 bits per heavy atom. The molecule has 1 aliphatic carbocycles. The highest BCUT2D eigenvalue weighted by atomic mass is 16.5. The van der Waals surface area contributed by atoms with E-state index in [1.165, 1.54) is 0 Å². The second-order valence-electron chi connectivity index (χ2n) is 5.29. The summed E-state index contributed by atoms with van der Waals surface area (Å²) in [4.78, 5) is 14.0. The average molecular weight is 256 g/mol. The fourth-order valence-electron chi connectivity index (χ4n) is 2.70. The summed E-state index contributed by atoms with van der Waals surface area (Å²) in [5, 5.41) is 12.8. The molecule has 0 bridgehead atoms. The first-order valence-corrected chi connectivity index (χ1v) is 7.01. The van der Waals surface area contributed by atoms with Crippen LogP contribution in [0.25, 0.3) is 0 Å². The number of amides is 1. The van der Waals surface area contributed by atoms with Gasteiger partial charge in [-0.05, 0) is 12.8 Å².